The van der Waals surface area contributed by atoms with Gasteiger partial charge < -0.3 is 15.8 Å². The van der Waals surface area contributed by atoms with Gasteiger partial charge in [-0.1, -0.05) is 0 Å². The van der Waals surface area contributed by atoms with E-state index in [2.05, 4.69) is 25.4 Å². The summed E-state index contributed by atoms with van der Waals surface area (Å²) in [5.41, 5.74) is 4.70. The molecular formula is C25H23F5N8O2. The molecule has 0 bridgehead atoms. The molecule has 0 saturated carbocycles. The van der Waals surface area contributed by atoms with E-state index in [1.807, 2.05) is 0 Å². The zero-order valence-electron chi connectivity index (χ0n) is 21.2. The third-order valence-corrected chi connectivity index (χ3v) is 6.82. The summed E-state index contributed by atoms with van der Waals surface area (Å²) in [5, 5.41) is 6.52. The number of carbonyl (C=O) groups excluding carboxylic acids is 1. The highest BCUT2D eigenvalue weighted by atomic mass is 19.4. The molecule has 0 aromatic carbocycles. The number of nitrogens with two attached hydrogens (primary N) is 1. The third kappa shape index (κ3) is 4.99. The highest BCUT2D eigenvalue weighted by Gasteiger charge is 2.38. The van der Waals surface area contributed by atoms with Gasteiger partial charge in [0.25, 0.3) is 5.91 Å². The SMILES string of the molecule is COc1ncc(-c2cc(C(F)(F)F)c3c(N)ncnn23)cc1C(=O)N[C@@H]1CN([C@@H](C)c2cncc(F)c2)C[C@@H]1F. The Hall–Kier alpha value is -4.40. The number of aromatic nitrogens is 5. The van der Waals surface area contributed by atoms with E-state index in [1.54, 1.807) is 11.8 Å². The van der Waals surface area contributed by atoms with Crippen molar-refractivity contribution in [1.29, 1.82) is 0 Å². The van der Waals surface area contributed by atoms with Crippen molar-refractivity contribution in [3.63, 3.8) is 0 Å². The molecule has 3 N–H and O–H groups in total. The summed E-state index contributed by atoms with van der Waals surface area (Å²) in [6.45, 7) is 1.88. The minimum absolute atomic E-state index is 0.0183. The topological polar surface area (TPSA) is 124 Å². The Labute approximate surface area is 224 Å². The first kappa shape index (κ1) is 27.2. The number of hydrogen-bond donors (Lipinski definition) is 2. The lowest BCUT2D eigenvalue weighted by molar-refractivity contribution is -0.136. The molecule has 1 aliphatic rings. The molecule has 210 valence electrons. The number of carbonyl (C=O) groups is 1. The largest absolute Gasteiger partial charge is 0.480 e. The highest BCUT2D eigenvalue weighted by molar-refractivity contribution is 5.98. The first-order valence-corrected chi connectivity index (χ1v) is 12.0. The Morgan fingerprint density at radius 2 is 1.95 bits per heavy atom. The molecule has 1 aliphatic heterocycles. The predicted molar refractivity (Wildman–Crippen MR) is 133 cm³/mol. The van der Waals surface area contributed by atoms with Crippen LogP contribution in [-0.4, -0.2) is 67.8 Å². The smallest absolute Gasteiger partial charge is 0.418 e. The molecule has 1 saturated heterocycles. The summed E-state index contributed by atoms with van der Waals surface area (Å²) in [4.78, 5) is 26.6. The first-order valence-electron chi connectivity index (χ1n) is 12.0. The van der Waals surface area contributed by atoms with Crippen molar-refractivity contribution in [1.82, 2.24) is 34.8 Å². The van der Waals surface area contributed by atoms with Gasteiger partial charge in [-0.25, -0.2) is 23.3 Å². The number of nitrogens with zero attached hydrogens (tertiary/aromatic N) is 6. The average Bonchev–Trinajstić information content (AvgIpc) is 3.49. The van der Waals surface area contributed by atoms with Crippen molar-refractivity contribution in [2.24, 2.45) is 0 Å². The summed E-state index contributed by atoms with van der Waals surface area (Å²) in [7, 11) is 1.27. The zero-order valence-corrected chi connectivity index (χ0v) is 21.2. The maximum absolute atomic E-state index is 15.0. The van der Waals surface area contributed by atoms with Gasteiger partial charge in [0.2, 0.25) is 5.88 Å². The van der Waals surface area contributed by atoms with Crippen molar-refractivity contribution < 1.29 is 31.5 Å². The molecule has 3 atom stereocenters. The molecule has 10 nitrogen and oxygen atoms in total. The van der Waals surface area contributed by atoms with Gasteiger partial charge in [-0.3, -0.25) is 14.7 Å². The van der Waals surface area contributed by atoms with Crippen LogP contribution >= 0.6 is 0 Å². The number of nitrogen functional groups attached to an aromatic ring is 1. The van der Waals surface area contributed by atoms with Gasteiger partial charge in [-0.2, -0.15) is 18.3 Å². The van der Waals surface area contributed by atoms with Crippen LogP contribution in [0.2, 0.25) is 0 Å². The van der Waals surface area contributed by atoms with Crippen molar-refractivity contribution in [2.75, 3.05) is 25.9 Å². The van der Waals surface area contributed by atoms with E-state index in [1.165, 1.54) is 31.6 Å². The number of alkyl halides is 4. The van der Waals surface area contributed by atoms with Crippen molar-refractivity contribution in [3.8, 4) is 17.1 Å². The summed E-state index contributed by atoms with van der Waals surface area (Å²) < 4.78 is 76.0. The number of likely N-dealkylation sites (tertiary alicyclic amines) is 1. The summed E-state index contributed by atoms with van der Waals surface area (Å²) in [5.74, 6) is -1.75. The van der Waals surface area contributed by atoms with E-state index >= 15 is 0 Å². The Kier molecular flexibility index (Phi) is 6.99. The zero-order chi connectivity index (χ0) is 28.8. The van der Waals surface area contributed by atoms with Gasteiger partial charge in [0.05, 0.1) is 30.6 Å². The van der Waals surface area contributed by atoms with Gasteiger partial charge in [-0.05, 0) is 30.7 Å². The molecule has 40 heavy (non-hydrogen) atoms. The van der Waals surface area contributed by atoms with Crippen LogP contribution in [0.25, 0.3) is 16.8 Å². The number of methoxy groups -OCH3 is 1. The number of ether oxygens (including phenoxy) is 1. The van der Waals surface area contributed by atoms with E-state index in [0.29, 0.717) is 5.56 Å². The maximum Gasteiger partial charge on any atom is 0.418 e. The quantitative estimate of drug-likeness (QED) is 0.343. The molecule has 5 rings (SSSR count). The van der Waals surface area contributed by atoms with Crippen LogP contribution < -0.4 is 15.8 Å². The van der Waals surface area contributed by atoms with E-state index in [0.717, 1.165) is 23.1 Å². The van der Waals surface area contributed by atoms with E-state index in [-0.39, 0.29) is 47.7 Å². The Morgan fingerprint density at radius 1 is 1.18 bits per heavy atom. The van der Waals surface area contributed by atoms with Gasteiger partial charge in [0, 0.05) is 37.1 Å². The highest BCUT2D eigenvalue weighted by Crippen LogP contribution is 2.39. The number of pyridine rings is 2. The predicted octanol–water partition coefficient (Wildman–Crippen LogP) is 3.45. The maximum atomic E-state index is 15.0. The van der Waals surface area contributed by atoms with Crippen LogP contribution in [0.4, 0.5) is 27.8 Å². The number of amides is 1. The van der Waals surface area contributed by atoms with Crippen LogP contribution in [0.1, 0.15) is 34.5 Å². The fourth-order valence-electron chi connectivity index (χ4n) is 4.77. The summed E-state index contributed by atoms with van der Waals surface area (Å²) in [6, 6.07) is 2.13. The molecular weight excluding hydrogens is 539 g/mol. The fraction of sp³-hybridized carbons (Fsp3) is 0.320. The van der Waals surface area contributed by atoms with Crippen LogP contribution in [0.15, 0.2) is 43.1 Å². The summed E-state index contributed by atoms with van der Waals surface area (Å²) in [6.07, 6.45) is -1.42. The minimum Gasteiger partial charge on any atom is -0.480 e. The fourth-order valence-corrected chi connectivity index (χ4v) is 4.77. The Bertz CT molecular complexity index is 1580. The molecule has 1 fully saturated rings. The number of nitrogens with one attached hydrogen (secondary N) is 1. The van der Waals surface area contributed by atoms with Crippen molar-refractivity contribution in [3.05, 3.63) is 65.6 Å². The van der Waals surface area contributed by atoms with Gasteiger partial charge in [-0.15, -0.1) is 0 Å². The van der Waals surface area contributed by atoms with Gasteiger partial charge in [0.15, 0.2) is 5.82 Å². The van der Waals surface area contributed by atoms with Gasteiger partial charge >= 0.3 is 6.18 Å². The molecule has 0 spiro atoms. The Morgan fingerprint density at radius 3 is 2.65 bits per heavy atom. The van der Waals surface area contributed by atoms with Crippen LogP contribution in [0.5, 0.6) is 5.88 Å². The lowest BCUT2D eigenvalue weighted by Crippen LogP contribution is -2.41. The van der Waals surface area contributed by atoms with Crippen LogP contribution in [-0.2, 0) is 6.18 Å². The third-order valence-electron chi connectivity index (χ3n) is 6.82. The van der Waals surface area contributed by atoms with Crippen molar-refractivity contribution in [2.45, 2.75) is 31.4 Å². The van der Waals surface area contributed by atoms with Crippen molar-refractivity contribution >= 4 is 17.2 Å². The normalized spacial score (nSPS) is 18.7. The minimum atomic E-state index is -4.76. The number of fused-ring (bicyclic) bond motifs is 1. The molecule has 0 aliphatic carbocycles. The van der Waals surface area contributed by atoms with E-state index in [4.69, 9.17) is 10.5 Å². The molecule has 15 heteroatoms. The first-order chi connectivity index (χ1) is 19.0. The second kappa shape index (κ2) is 10.3. The Balaban J connectivity index is 1.43. The molecule has 0 radical (unpaired) electrons. The molecule has 4 aromatic heterocycles. The van der Waals surface area contributed by atoms with E-state index in [9.17, 15) is 26.7 Å². The lowest BCUT2D eigenvalue weighted by atomic mass is 10.1. The van der Waals surface area contributed by atoms with Gasteiger partial charge in [0.1, 0.15) is 29.4 Å². The summed E-state index contributed by atoms with van der Waals surface area (Å²) >= 11 is 0. The number of hydrogen-bond acceptors (Lipinski definition) is 8. The monoisotopic (exact) mass is 562 g/mol. The molecule has 0 unspecified atom stereocenters. The lowest BCUT2D eigenvalue weighted by Gasteiger charge is -2.24. The number of halogens is 5. The molecule has 4 aromatic rings. The molecule has 1 amide bonds. The average molecular weight is 563 g/mol. The number of anilines is 1. The second-order valence-corrected chi connectivity index (χ2v) is 9.29. The molecule has 5 heterocycles. The van der Waals surface area contributed by atoms with E-state index < -0.39 is 41.2 Å². The van der Waals surface area contributed by atoms with Crippen LogP contribution in [0, 0.1) is 5.82 Å². The number of rotatable bonds is 6. The standard InChI is InChI=1S/C25H23F5N8O2/c1-12(13-3-15(26)8-32-6-13)37-9-18(27)19(10-37)36-23(39)16-4-14(7-33-24(16)40-2)20-5-17(25(28,29)30)21-22(31)34-11-35-38(20)21/h3-8,11-12,18-19H,9-10H2,1-2H3,(H,36,39)(H2,31,34,35)/t12-,18-,19+/m0/s1. The second-order valence-electron chi connectivity index (χ2n) is 9.29. The van der Waals surface area contributed by atoms with Crippen LogP contribution in [0.3, 0.4) is 0 Å².